The Kier molecular flexibility index (Phi) is 8.44. The molecular weight excluding hydrogens is 709 g/mol. The highest BCUT2D eigenvalue weighted by atomic mass is 16.6. The van der Waals surface area contributed by atoms with Crippen molar-refractivity contribution in [3.05, 3.63) is 176 Å². The van der Waals surface area contributed by atoms with E-state index in [2.05, 4.69) is 9.97 Å². The molecule has 0 unspecified atom stereocenters. The predicted octanol–water partition coefficient (Wildman–Crippen LogP) is 11.4. The number of hydrogen-bond acceptors (Lipinski definition) is 8. The smallest absolute Gasteiger partial charge is 0.273 e. The molecule has 0 fully saturated rings. The summed E-state index contributed by atoms with van der Waals surface area (Å²) >= 11 is 0. The highest BCUT2D eigenvalue weighted by Crippen LogP contribution is 2.40. The molecule has 270 valence electrons. The van der Waals surface area contributed by atoms with Gasteiger partial charge in [0.05, 0.1) is 44.4 Å². The molecule has 3 aromatic heterocycles. The molecule has 0 saturated carbocycles. The molecule has 0 saturated heterocycles. The number of aromatic amines is 2. The molecule has 0 aliphatic carbocycles. The van der Waals surface area contributed by atoms with Gasteiger partial charge >= 0.3 is 0 Å². The van der Waals surface area contributed by atoms with Gasteiger partial charge in [0.25, 0.3) is 11.4 Å². The first kappa shape index (κ1) is 33.7. The van der Waals surface area contributed by atoms with Crippen LogP contribution in [0.1, 0.15) is 22.8 Å². The summed E-state index contributed by atoms with van der Waals surface area (Å²) in [6.07, 6.45) is 7.45. The molecule has 7 aromatic rings. The third-order valence-corrected chi connectivity index (χ3v) is 9.28. The molecule has 5 heterocycles. The normalized spacial score (nSPS) is 11.7. The van der Waals surface area contributed by atoms with Crippen molar-refractivity contribution < 1.29 is 19.3 Å². The zero-order valence-electron chi connectivity index (χ0n) is 29.2. The highest BCUT2D eigenvalue weighted by Gasteiger charge is 2.21. The van der Waals surface area contributed by atoms with Crippen LogP contribution in [0.25, 0.3) is 68.6 Å². The second-order valence-corrected chi connectivity index (χ2v) is 12.9. The van der Waals surface area contributed by atoms with Crippen LogP contribution in [0.15, 0.2) is 133 Å². The Morgan fingerprint density at radius 1 is 0.446 bits per heavy atom. The van der Waals surface area contributed by atoms with E-state index in [-0.39, 0.29) is 22.9 Å². The summed E-state index contributed by atoms with van der Waals surface area (Å²) in [4.78, 5) is 39.7. The molecule has 56 heavy (non-hydrogen) atoms. The number of rotatable bonds is 8. The molecule has 0 atom stereocenters. The van der Waals surface area contributed by atoms with Crippen molar-refractivity contribution in [3.8, 4) is 45.3 Å². The van der Waals surface area contributed by atoms with Crippen LogP contribution in [0.4, 0.5) is 11.4 Å². The van der Waals surface area contributed by atoms with Gasteiger partial charge in [-0.1, -0.05) is 72.8 Å². The number of nitrogens with zero attached hydrogens (tertiary/aromatic N) is 4. The molecule has 8 bridgehead atoms. The fourth-order valence-electron chi connectivity index (χ4n) is 6.74. The van der Waals surface area contributed by atoms with E-state index in [4.69, 9.17) is 19.4 Å². The SMILES string of the molecule is O=[N+]([O-])c1cccc(Oc2c3nc(c(-c4ccccc4)c4ccc([nH]4)c(Oc4cccc([N+](=O)[O-])c4)c4ccc([nH]4)c(-c4ccccc4)c4nc2C=C4)C=C3)c1. The van der Waals surface area contributed by atoms with Crippen molar-refractivity contribution in [1.82, 2.24) is 19.9 Å². The molecule has 12 heteroatoms. The number of nitro benzene ring substituents is 2. The summed E-state index contributed by atoms with van der Waals surface area (Å²) in [5, 5.41) is 23.4. The van der Waals surface area contributed by atoms with Gasteiger partial charge in [-0.15, -0.1) is 0 Å². The summed E-state index contributed by atoms with van der Waals surface area (Å²) in [5.74, 6) is 1.26. The Morgan fingerprint density at radius 3 is 1.30 bits per heavy atom. The summed E-state index contributed by atoms with van der Waals surface area (Å²) in [5.41, 5.74) is 7.94. The number of non-ortho nitro benzene ring substituents is 2. The van der Waals surface area contributed by atoms with E-state index in [1.807, 2.05) is 109 Å². The zero-order chi connectivity index (χ0) is 38.2. The quantitative estimate of drug-likeness (QED) is 0.115. The van der Waals surface area contributed by atoms with Gasteiger partial charge in [-0.05, 0) is 71.8 Å². The minimum Gasteiger partial charge on any atom is -0.453 e. The topological polar surface area (TPSA) is 162 Å². The highest BCUT2D eigenvalue weighted by molar-refractivity contribution is 5.95. The molecule has 0 radical (unpaired) electrons. The first-order chi connectivity index (χ1) is 27.4. The van der Waals surface area contributed by atoms with E-state index in [1.165, 1.54) is 24.3 Å². The number of benzene rings is 4. The standard InChI is InChI=1S/C44H28N6O6/c51-49(52)29-13-7-15-31(25-29)55-43-37-21-17-33(45-37)41(27-9-3-1-4-10-27)34-18-22-38(46-34)44(56-32-16-8-14-30(26-32)50(53)54)40-24-20-36(48-40)42(28-11-5-2-6-12-28)35-19-23-39(43)47-35/h1-26,45,47H. The van der Waals surface area contributed by atoms with Crippen LogP contribution in [0, 0.1) is 20.2 Å². The predicted molar refractivity (Wildman–Crippen MR) is 216 cm³/mol. The summed E-state index contributed by atoms with van der Waals surface area (Å²) in [6, 6.07) is 39.3. The lowest BCUT2D eigenvalue weighted by molar-refractivity contribution is -0.385. The van der Waals surface area contributed by atoms with Gasteiger partial charge in [-0.2, -0.15) is 0 Å². The third kappa shape index (κ3) is 6.43. The van der Waals surface area contributed by atoms with Crippen molar-refractivity contribution >= 4 is 57.7 Å². The minimum absolute atomic E-state index is 0.100. The molecule has 0 amide bonds. The van der Waals surface area contributed by atoms with E-state index in [1.54, 1.807) is 24.3 Å². The van der Waals surface area contributed by atoms with Crippen molar-refractivity contribution in [1.29, 1.82) is 0 Å². The van der Waals surface area contributed by atoms with Gasteiger partial charge in [0.15, 0.2) is 11.5 Å². The first-order valence-corrected chi connectivity index (χ1v) is 17.5. The third-order valence-electron chi connectivity index (χ3n) is 9.28. The fraction of sp³-hybridized carbons (Fsp3) is 0. The molecule has 4 aromatic carbocycles. The number of nitro groups is 2. The van der Waals surface area contributed by atoms with E-state index in [0.717, 1.165) is 33.3 Å². The van der Waals surface area contributed by atoms with Crippen LogP contribution < -0.4 is 9.47 Å². The Balaban J connectivity index is 1.39. The van der Waals surface area contributed by atoms with Gasteiger partial charge in [0.1, 0.15) is 22.9 Å². The maximum Gasteiger partial charge on any atom is 0.273 e. The van der Waals surface area contributed by atoms with Crippen LogP contribution in [0.3, 0.4) is 0 Å². The molecule has 2 aliphatic rings. The Bertz CT molecular complexity index is 2800. The van der Waals surface area contributed by atoms with Crippen molar-refractivity contribution in [2.45, 2.75) is 0 Å². The van der Waals surface area contributed by atoms with Crippen molar-refractivity contribution in [2.24, 2.45) is 0 Å². The summed E-state index contributed by atoms with van der Waals surface area (Å²) in [6.45, 7) is 0. The number of H-pyrrole nitrogens is 2. The summed E-state index contributed by atoms with van der Waals surface area (Å²) in [7, 11) is 0. The number of fused-ring (bicyclic) bond motifs is 8. The van der Waals surface area contributed by atoms with E-state index in [0.29, 0.717) is 45.3 Å². The largest absolute Gasteiger partial charge is 0.453 e. The van der Waals surface area contributed by atoms with Gasteiger partial charge in [-0.25, -0.2) is 9.97 Å². The number of nitrogens with one attached hydrogen (secondary N) is 2. The van der Waals surface area contributed by atoms with Gasteiger partial charge in [0.2, 0.25) is 0 Å². The Hall–Kier alpha value is -8.12. The van der Waals surface area contributed by atoms with Crippen LogP contribution >= 0.6 is 0 Å². The van der Waals surface area contributed by atoms with Crippen molar-refractivity contribution in [2.75, 3.05) is 0 Å². The molecular formula is C44H28N6O6. The second kappa shape index (κ2) is 14.0. The molecule has 2 N–H and O–H groups in total. The average Bonchev–Trinajstić information content (AvgIpc) is 4.07. The van der Waals surface area contributed by atoms with Crippen molar-refractivity contribution in [3.63, 3.8) is 0 Å². The maximum absolute atomic E-state index is 11.7. The second-order valence-electron chi connectivity index (χ2n) is 12.9. The van der Waals surface area contributed by atoms with E-state index in [9.17, 15) is 20.2 Å². The zero-order valence-corrected chi connectivity index (χ0v) is 29.2. The van der Waals surface area contributed by atoms with Crippen LogP contribution in [-0.2, 0) is 0 Å². The van der Waals surface area contributed by atoms with Gasteiger partial charge < -0.3 is 19.4 Å². The number of aromatic nitrogens is 4. The first-order valence-electron chi connectivity index (χ1n) is 17.5. The van der Waals surface area contributed by atoms with Crippen LogP contribution in [0.2, 0.25) is 0 Å². The Labute approximate surface area is 318 Å². The lowest BCUT2D eigenvalue weighted by atomic mass is 10.0. The maximum atomic E-state index is 11.7. The van der Waals surface area contributed by atoms with Gasteiger partial charge in [0, 0.05) is 34.3 Å². The van der Waals surface area contributed by atoms with Crippen LogP contribution in [-0.4, -0.2) is 29.8 Å². The molecule has 12 nitrogen and oxygen atoms in total. The minimum atomic E-state index is -0.469. The molecule has 2 aliphatic heterocycles. The Morgan fingerprint density at radius 2 is 0.857 bits per heavy atom. The lowest BCUT2D eigenvalue weighted by Gasteiger charge is -2.08. The van der Waals surface area contributed by atoms with E-state index < -0.39 is 9.85 Å². The average molecular weight is 737 g/mol. The molecule has 0 spiro atoms. The van der Waals surface area contributed by atoms with Gasteiger partial charge in [-0.3, -0.25) is 20.2 Å². The van der Waals surface area contributed by atoms with E-state index >= 15 is 0 Å². The number of ether oxygens (including phenoxy) is 2. The monoisotopic (exact) mass is 736 g/mol. The number of hydrogen-bond donors (Lipinski definition) is 2. The van der Waals surface area contributed by atoms with Crippen LogP contribution in [0.5, 0.6) is 23.0 Å². The lowest BCUT2D eigenvalue weighted by Crippen LogP contribution is -1.94. The summed E-state index contributed by atoms with van der Waals surface area (Å²) < 4.78 is 13.0. The molecule has 9 rings (SSSR count). The fourth-order valence-corrected chi connectivity index (χ4v) is 6.74.